The van der Waals surface area contributed by atoms with Gasteiger partial charge >= 0.3 is 0 Å². The molecule has 0 amide bonds. The van der Waals surface area contributed by atoms with E-state index in [1.165, 1.54) is 29.8 Å². The minimum Gasteiger partial charge on any atom is -0.316 e. The Morgan fingerprint density at radius 2 is 2.47 bits per heavy atom. The molecule has 0 radical (unpaired) electrons. The zero-order chi connectivity index (χ0) is 10.7. The van der Waals surface area contributed by atoms with Gasteiger partial charge in [-0.05, 0) is 31.7 Å². The van der Waals surface area contributed by atoms with Crippen molar-refractivity contribution >= 4 is 11.3 Å². The number of aromatic nitrogens is 1. The predicted octanol–water partition coefficient (Wildman–Crippen LogP) is 2.81. The molecule has 2 nitrogen and oxygen atoms in total. The van der Waals surface area contributed by atoms with E-state index in [4.69, 9.17) is 0 Å². The van der Waals surface area contributed by atoms with E-state index in [2.05, 4.69) is 24.1 Å². The van der Waals surface area contributed by atoms with Gasteiger partial charge < -0.3 is 5.32 Å². The van der Waals surface area contributed by atoms with Crippen LogP contribution in [0.1, 0.15) is 43.2 Å². The molecule has 2 rings (SSSR count). The Hall–Kier alpha value is -0.410. The van der Waals surface area contributed by atoms with Crippen LogP contribution in [0.5, 0.6) is 0 Å². The lowest BCUT2D eigenvalue weighted by atomic mass is 9.91. The third-order valence-electron chi connectivity index (χ3n) is 2.96. The summed E-state index contributed by atoms with van der Waals surface area (Å²) in [6, 6.07) is 0. The molecule has 0 aliphatic heterocycles. The van der Waals surface area contributed by atoms with Crippen LogP contribution < -0.4 is 5.32 Å². The molecule has 1 heterocycles. The summed E-state index contributed by atoms with van der Waals surface area (Å²) >= 11 is 1.83. The molecule has 1 unspecified atom stereocenters. The molecule has 1 N–H and O–H groups in total. The summed E-state index contributed by atoms with van der Waals surface area (Å²) in [5.74, 6) is 1.40. The summed E-state index contributed by atoms with van der Waals surface area (Å²) in [6.07, 6.45) is 3.89. The quantitative estimate of drug-likeness (QED) is 0.850. The normalized spacial score (nSPS) is 20.6. The lowest BCUT2D eigenvalue weighted by Crippen LogP contribution is -2.27. The van der Waals surface area contributed by atoms with E-state index in [1.54, 1.807) is 0 Å². The number of thiazole rings is 1. The molecule has 0 spiro atoms. The van der Waals surface area contributed by atoms with Crippen molar-refractivity contribution in [2.75, 3.05) is 13.1 Å². The number of rotatable bonds is 4. The molecule has 1 aromatic heterocycles. The maximum absolute atomic E-state index is 4.51. The molecule has 0 bridgehead atoms. The van der Waals surface area contributed by atoms with Gasteiger partial charge in [0, 0.05) is 17.3 Å². The number of aryl methyl sites for hydroxylation is 1. The summed E-state index contributed by atoms with van der Waals surface area (Å²) in [4.78, 5) is 6.04. The zero-order valence-corrected chi connectivity index (χ0v) is 10.4. The van der Waals surface area contributed by atoms with E-state index in [0.717, 1.165) is 19.0 Å². The van der Waals surface area contributed by atoms with Gasteiger partial charge in [0.25, 0.3) is 0 Å². The Labute approximate surface area is 96.1 Å². The molecule has 0 aromatic carbocycles. The van der Waals surface area contributed by atoms with Crippen LogP contribution in [0.4, 0.5) is 0 Å². The van der Waals surface area contributed by atoms with Gasteiger partial charge in [-0.25, -0.2) is 4.98 Å². The van der Waals surface area contributed by atoms with Crippen molar-refractivity contribution in [1.82, 2.24) is 10.3 Å². The van der Waals surface area contributed by atoms with Crippen LogP contribution in [0, 0.1) is 5.92 Å². The van der Waals surface area contributed by atoms with Crippen LogP contribution >= 0.6 is 11.3 Å². The number of nitrogens with one attached hydrogen (secondary N) is 1. The number of hydrogen-bond donors (Lipinski definition) is 1. The Balaban J connectivity index is 1.89. The molecule has 1 atom stereocenters. The Morgan fingerprint density at radius 3 is 3.27 bits per heavy atom. The fourth-order valence-corrected chi connectivity index (χ4v) is 3.09. The van der Waals surface area contributed by atoms with E-state index >= 15 is 0 Å². The molecule has 84 valence electrons. The summed E-state index contributed by atoms with van der Waals surface area (Å²) < 4.78 is 0. The van der Waals surface area contributed by atoms with Gasteiger partial charge in [-0.2, -0.15) is 0 Å². The summed E-state index contributed by atoms with van der Waals surface area (Å²) in [5, 5.41) is 3.55. The van der Waals surface area contributed by atoms with Gasteiger partial charge in [-0.15, -0.1) is 11.3 Å². The summed E-state index contributed by atoms with van der Waals surface area (Å²) in [6.45, 7) is 6.73. The Kier molecular flexibility index (Phi) is 3.76. The highest BCUT2D eigenvalue weighted by Gasteiger charge is 2.22. The van der Waals surface area contributed by atoms with Crippen molar-refractivity contribution in [1.29, 1.82) is 0 Å². The molecule has 0 saturated heterocycles. The van der Waals surface area contributed by atoms with E-state index in [1.807, 2.05) is 16.8 Å². The van der Waals surface area contributed by atoms with Crippen molar-refractivity contribution < 1.29 is 0 Å². The Morgan fingerprint density at radius 1 is 1.60 bits per heavy atom. The summed E-state index contributed by atoms with van der Waals surface area (Å²) in [7, 11) is 0. The molecular weight excluding hydrogens is 204 g/mol. The second-order valence-corrected chi connectivity index (χ2v) is 5.74. The van der Waals surface area contributed by atoms with Gasteiger partial charge in [0.15, 0.2) is 0 Å². The average Bonchev–Trinajstić information content (AvgIpc) is 2.65. The first-order valence-electron chi connectivity index (χ1n) is 5.90. The van der Waals surface area contributed by atoms with Gasteiger partial charge in [0.2, 0.25) is 0 Å². The number of fused-ring (bicyclic) bond motifs is 1. The molecule has 1 aromatic rings. The van der Waals surface area contributed by atoms with Crippen LogP contribution in [0.25, 0.3) is 0 Å². The molecule has 0 saturated carbocycles. The first-order valence-corrected chi connectivity index (χ1v) is 6.78. The lowest BCUT2D eigenvalue weighted by molar-refractivity contribution is 0.473. The van der Waals surface area contributed by atoms with Crippen molar-refractivity contribution in [3.8, 4) is 0 Å². The highest BCUT2D eigenvalue weighted by atomic mass is 32.1. The van der Waals surface area contributed by atoms with Gasteiger partial charge in [0.05, 0.1) is 11.2 Å². The van der Waals surface area contributed by atoms with Crippen LogP contribution in [0.3, 0.4) is 0 Å². The third kappa shape index (κ3) is 2.79. The standard InChI is InChI=1S/C12H20N2S/c1-9(2)6-13-7-10-4-3-5-11-12(10)14-8-15-11/h8-10,13H,3-7H2,1-2H3. The Bertz CT molecular complexity index is 306. The zero-order valence-electron chi connectivity index (χ0n) is 9.62. The highest BCUT2D eigenvalue weighted by molar-refractivity contribution is 7.09. The molecular formula is C12H20N2S. The minimum atomic E-state index is 0.666. The second kappa shape index (κ2) is 5.08. The minimum absolute atomic E-state index is 0.666. The SMILES string of the molecule is CC(C)CNCC1CCCc2scnc21. The van der Waals surface area contributed by atoms with E-state index in [9.17, 15) is 0 Å². The topological polar surface area (TPSA) is 24.9 Å². The van der Waals surface area contributed by atoms with Gasteiger partial charge in [-0.1, -0.05) is 13.8 Å². The van der Waals surface area contributed by atoms with Gasteiger partial charge in [0.1, 0.15) is 0 Å². The third-order valence-corrected chi connectivity index (χ3v) is 3.87. The van der Waals surface area contributed by atoms with Crippen molar-refractivity contribution in [3.63, 3.8) is 0 Å². The molecule has 1 aliphatic rings. The second-order valence-electron chi connectivity index (χ2n) is 4.80. The average molecular weight is 224 g/mol. The van der Waals surface area contributed by atoms with Crippen molar-refractivity contribution in [3.05, 3.63) is 16.1 Å². The molecule has 0 fully saturated rings. The summed E-state index contributed by atoms with van der Waals surface area (Å²) in [5.41, 5.74) is 3.38. The van der Waals surface area contributed by atoms with Crippen molar-refractivity contribution in [2.24, 2.45) is 5.92 Å². The van der Waals surface area contributed by atoms with E-state index in [-0.39, 0.29) is 0 Å². The van der Waals surface area contributed by atoms with Gasteiger partial charge in [-0.3, -0.25) is 0 Å². The lowest BCUT2D eigenvalue weighted by Gasteiger charge is -2.22. The first-order chi connectivity index (χ1) is 7.27. The maximum atomic E-state index is 4.51. The predicted molar refractivity (Wildman–Crippen MR) is 65.5 cm³/mol. The van der Waals surface area contributed by atoms with Crippen LogP contribution in [-0.2, 0) is 6.42 Å². The van der Waals surface area contributed by atoms with Crippen molar-refractivity contribution in [2.45, 2.75) is 39.0 Å². The first kappa shape index (κ1) is 11.1. The molecule has 3 heteroatoms. The van der Waals surface area contributed by atoms with E-state index < -0.39 is 0 Å². The molecule has 15 heavy (non-hydrogen) atoms. The smallest absolute Gasteiger partial charge is 0.0797 e. The van der Waals surface area contributed by atoms with E-state index in [0.29, 0.717) is 5.92 Å². The largest absolute Gasteiger partial charge is 0.316 e. The monoisotopic (exact) mass is 224 g/mol. The molecule has 1 aliphatic carbocycles. The maximum Gasteiger partial charge on any atom is 0.0797 e. The van der Waals surface area contributed by atoms with Crippen LogP contribution in [0.2, 0.25) is 0 Å². The van der Waals surface area contributed by atoms with Crippen LogP contribution in [-0.4, -0.2) is 18.1 Å². The highest BCUT2D eigenvalue weighted by Crippen LogP contribution is 2.32. The fraction of sp³-hybridized carbons (Fsp3) is 0.750. The number of nitrogens with zero attached hydrogens (tertiary/aromatic N) is 1. The van der Waals surface area contributed by atoms with Crippen LogP contribution in [0.15, 0.2) is 5.51 Å². The number of hydrogen-bond acceptors (Lipinski definition) is 3. The fourth-order valence-electron chi connectivity index (χ4n) is 2.19.